The number of aldehydes is 1. The zero-order valence-electron chi connectivity index (χ0n) is 8.32. The van der Waals surface area contributed by atoms with E-state index in [4.69, 9.17) is 0 Å². The SMILES string of the molecule is CCc1nc(C)c2cc(C=O)ccn12. The summed E-state index contributed by atoms with van der Waals surface area (Å²) >= 11 is 0. The van der Waals surface area contributed by atoms with Gasteiger partial charge in [0.1, 0.15) is 12.1 Å². The van der Waals surface area contributed by atoms with Gasteiger partial charge in [0.25, 0.3) is 0 Å². The van der Waals surface area contributed by atoms with Crippen LogP contribution in [0.5, 0.6) is 0 Å². The van der Waals surface area contributed by atoms with E-state index in [1.807, 2.05) is 23.6 Å². The Hall–Kier alpha value is -1.64. The first-order chi connectivity index (χ1) is 6.76. The number of aromatic nitrogens is 2. The van der Waals surface area contributed by atoms with E-state index in [0.29, 0.717) is 5.56 Å². The second-order valence-electron chi connectivity index (χ2n) is 3.30. The molecule has 0 bridgehead atoms. The van der Waals surface area contributed by atoms with Gasteiger partial charge in [0, 0.05) is 18.2 Å². The first kappa shape index (κ1) is 8.94. The maximum absolute atomic E-state index is 10.6. The van der Waals surface area contributed by atoms with Crippen LogP contribution in [0.4, 0.5) is 0 Å². The summed E-state index contributed by atoms with van der Waals surface area (Å²) in [5.74, 6) is 1.04. The molecule has 0 N–H and O–H groups in total. The van der Waals surface area contributed by atoms with Gasteiger partial charge in [0.2, 0.25) is 0 Å². The van der Waals surface area contributed by atoms with Crippen molar-refractivity contribution in [2.75, 3.05) is 0 Å². The minimum atomic E-state index is 0.697. The maximum atomic E-state index is 10.6. The highest BCUT2D eigenvalue weighted by molar-refractivity contribution is 5.77. The monoisotopic (exact) mass is 188 g/mol. The fraction of sp³-hybridized carbons (Fsp3) is 0.273. The van der Waals surface area contributed by atoms with Crippen LogP contribution in [0.2, 0.25) is 0 Å². The molecule has 0 radical (unpaired) electrons. The molecular weight excluding hydrogens is 176 g/mol. The largest absolute Gasteiger partial charge is 0.303 e. The van der Waals surface area contributed by atoms with Crippen LogP contribution in [0, 0.1) is 6.92 Å². The molecular formula is C11H12N2O. The van der Waals surface area contributed by atoms with Crippen molar-refractivity contribution in [1.29, 1.82) is 0 Å². The summed E-state index contributed by atoms with van der Waals surface area (Å²) < 4.78 is 2.03. The van der Waals surface area contributed by atoms with Gasteiger partial charge in [0.15, 0.2) is 0 Å². The number of carbonyl (C=O) groups is 1. The topological polar surface area (TPSA) is 34.4 Å². The van der Waals surface area contributed by atoms with Gasteiger partial charge in [0.05, 0.1) is 11.2 Å². The predicted molar refractivity (Wildman–Crippen MR) is 54.7 cm³/mol. The summed E-state index contributed by atoms with van der Waals surface area (Å²) in [6.45, 7) is 4.03. The Balaban J connectivity index is 2.76. The predicted octanol–water partition coefficient (Wildman–Crippen LogP) is 2.02. The molecule has 2 aromatic rings. The second kappa shape index (κ2) is 3.25. The van der Waals surface area contributed by atoms with E-state index in [-0.39, 0.29) is 0 Å². The van der Waals surface area contributed by atoms with Crippen LogP contribution >= 0.6 is 0 Å². The summed E-state index contributed by atoms with van der Waals surface area (Å²) in [6.07, 6.45) is 3.66. The number of fused-ring (bicyclic) bond motifs is 1. The van der Waals surface area contributed by atoms with E-state index in [0.717, 1.165) is 29.7 Å². The van der Waals surface area contributed by atoms with Crippen molar-refractivity contribution in [3.63, 3.8) is 0 Å². The summed E-state index contributed by atoms with van der Waals surface area (Å²) in [5.41, 5.74) is 2.69. The van der Waals surface area contributed by atoms with Gasteiger partial charge in [-0.1, -0.05) is 6.92 Å². The summed E-state index contributed by atoms with van der Waals surface area (Å²) in [4.78, 5) is 15.0. The van der Waals surface area contributed by atoms with E-state index < -0.39 is 0 Å². The van der Waals surface area contributed by atoms with Gasteiger partial charge >= 0.3 is 0 Å². The average molecular weight is 188 g/mol. The number of aryl methyl sites for hydroxylation is 2. The highest BCUT2D eigenvalue weighted by atomic mass is 16.1. The standard InChI is InChI=1S/C11H12N2O/c1-3-11-12-8(2)10-6-9(7-14)4-5-13(10)11/h4-7H,3H2,1-2H3. The fourth-order valence-electron chi connectivity index (χ4n) is 1.65. The van der Waals surface area contributed by atoms with E-state index in [1.165, 1.54) is 0 Å². The zero-order chi connectivity index (χ0) is 10.1. The molecule has 0 amide bonds. The first-order valence-corrected chi connectivity index (χ1v) is 4.69. The molecule has 2 aromatic heterocycles. The third-order valence-corrected chi connectivity index (χ3v) is 2.38. The Kier molecular flexibility index (Phi) is 2.08. The van der Waals surface area contributed by atoms with Crippen molar-refractivity contribution in [3.8, 4) is 0 Å². The quantitative estimate of drug-likeness (QED) is 0.676. The zero-order valence-corrected chi connectivity index (χ0v) is 8.32. The number of rotatable bonds is 2. The molecule has 3 nitrogen and oxygen atoms in total. The number of pyridine rings is 1. The molecule has 2 rings (SSSR count). The Morgan fingerprint density at radius 3 is 3.00 bits per heavy atom. The Bertz CT molecular complexity index is 485. The molecule has 0 aliphatic rings. The molecule has 0 aromatic carbocycles. The maximum Gasteiger partial charge on any atom is 0.150 e. The third kappa shape index (κ3) is 1.21. The summed E-state index contributed by atoms with van der Waals surface area (Å²) in [6, 6.07) is 3.68. The molecule has 3 heteroatoms. The van der Waals surface area contributed by atoms with Crippen LogP contribution in [0.3, 0.4) is 0 Å². The Morgan fingerprint density at radius 1 is 1.57 bits per heavy atom. The second-order valence-corrected chi connectivity index (χ2v) is 3.30. The molecule has 0 aliphatic heterocycles. The van der Waals surface area contributed by atoms with E-state index in [9.17, 15) is 4.79 Å². The summed E-state index contributed by atoms with van der Waals surface area (Å²) in [7, 11) is 0. The number of hydrogen-bond acceptors (Lipinski definition) is 2. The molecule has 0 aliphatic carbocycles. The van der Waals surface area contributed by atoms with Crippen molar-refractivity contribution in [2.24, 2.45) is 0 Å². The normalized spacial score (nSPS) is 10.7. The molecule has 0 saturated carbocycles. The highest BCUT2D eigenvalue weighted by Gasteiger charge is 2.05. The van der Waals surface area contributed by atoms with Crippen LogP contribution < -0.4 is 0 Å². The molecule has 2 heterocycles. The lowest BCUT2D eigenvalue weighted by Crippen LogP contribution is -1.92. The number of imidazole rings is 1. The number of hydrogen-bond donors (Lipinski definition) is 0. The molecule has 14 heavy (non-hydrogen) atoms. The van der Waals surface area contributed by atoms with Crippen molar-refractivity contribution in [3.05, 3.63) is 35.4 Å². The van der Waals surface area contributed by atoms with E-state index in [1.54, 1.807) is 6.07 Å². The fourth-order valence-corrected chi connectivity index (χ4v) is 1.65. The van der Waals surface area contributed by atoms with Crippen LogP contribution in [0.15, 0.2) is 18.3 Å². The number of nitrogens with zero attached hydrogens (tertiary/aromatic N) is 2. The minimum absolute atomic E-state index is 0.697. The molecule has 0 saturated heterocycles. The average Bonchev–Trinajstić information content (AvgIpc) is 2.55. The Morgan fingerprint density at radius 2 is 2.36 bits per heavy atom. The lowest BCUT2D eigenvalue weighted by molar-refractivity contribution is 0.112. The lowest BCUT2D eigenvalue weighted by atomic mass is 10.2. The number of carbonyl (C=O) groups excluding carboxylic acids is 1. The van der Waals surface area contributed by atoms with Crippen LogP contribution in [-0.4, -0.2) is 15.7 Å². The lowest BCUT2D eigenvalue weighted by Gasteiger charge is -1.98. The molecule has 0 unspecified atom stereocenters. The molecule has 0 atom stereocenters. The third-order valence-electron chi connectivity index (χ3n) is 2.38. The van der Waals surface area contributed by atoms with Crippen molar-refractivity contribution >= 4 is 11.8 Å². The van der Waals surface area contributed by atoms with Crippen molar-refractivity contribution < 1.29 is 4.79 Å². The van der Waals surface area contributed by atoms with Gasteiger partial charge in [-0.25, -0.2) is 4.98 Å². The van der Waals surface area contributed by atoms with Gasteiger partial charge < -0.3 is 4.40 Å². The van der Waals surface area contributed by atoms with Gasteiger partial charge in [-0.2, -0.15) is 0 Å². The van der Waals surface area contributed by atoms with Gasteiger partial charge in [-0.05, 0) is 19.1 Å². The molecule has 72 valence electrons. The molecule has 0 fully saturated rings. The minimum Gasteiger partial charge on any atom is -0.303 e. The van der Waals surface area contributed by atoms with Crippen molar-refractivity contribution in [2.45, 2.75) is 20.3 Å². The first-order valence-electron chi connectivity index (χ1n) is 4.69. The highest BCUT2D eigenvalue weighted by Crippen LogP contribution is 2.13. The summed E-state index contributed by atoms with van der Waals surface area (Å²) in [5, 5.41) is 0. The van der Waals surface area contributed by atoms with E-state index in [2.05, 4.69) is 11.9 Å². The van der Waals surface area contributed by atoms with Gasteiger partial charge in [-0.15, -0.1) is 0 Å². The van der Waals surface area contributed by atoms with Crippen LogP contribution in [0.25, 0.3) is 5.52 Å². The smallest absolute Gasteiger partial charge is 0.150 e. The Labute approximate surface area is 82.4 Å². The van der Waals surface area contributed by atoms with E-state index >= 15 is 0 Å². The van der Waals surface area contributed by atoms with Crippen LogP contribution in [0.1, 0.15) is 28.8 Å². The molecule has 0 spiro atoms. The van der Waals surface area contributed by atoms with Crippen molar-refractivity contribution in [1.82, 2.24) is 9.38 Å². The van der Waals surface area contributed by atoms with Gasteiger partial charge in [-0.3, -0.25) is 4.79 Å². The van der Waals surface area contributed by atoms with Crippen LogP contribution in [-0.2, 0) is 6.42 Å².